The molecule has 0 spiro atoms. The van der Waals surface area contributed by atoms with Crippen LogP contribution in [0.5, 0.6) is 0 Å². The van der Waals surface area contributed by atoms with E-state index in [4.69, 9.17) is 0 Å². The molecule has 10 aromatic rings. The molecule has 4 heteroatoms. The molecule has 0 unspecified atom stereocenters. The van der Waals surface area contributed by atoms with E-state index >= 15 is 0 Å². The molecule has 382 valence electrons. The first-order valence-corrected chi connectivity index (χ1v) is 27.9. The molecular weight excluding hydrogens is 942 g/mol. The van der Waals surface area contributed by atoms with Crippen LogP contribution in [0.4, 0.5) is 51.2 Å². The lowest BCUT2D eigenvalue weighted by atomic mass is 9.33. The smallest absolute Gasteiger partial charge is 0.252 e. The van der Waals surface area contributed by atoms with Crippen molar-refractivity contribution in [3.8, 4) is 11.1 Å². The summed E-state index contributed by atoms with van der Waals surface area (Å²) < 4.78 is 0. The van der Waals surface area contributed by atoms with Gasteiger partial charge in [0.2, 0.25) is 0 Å². The Morgan fingerprint density at radius 2 is 0.821 bits per heavy atom. The lowest BCUT2D eigenvalue weighted by molar-refractivity contribution is 0.588. The highest BCUT2D eigenvalue weighted by atomic mass is 15.2. The Bertz CT molecular complexity index is 3840. The monoisotopic (exact) mass is 1010 g/mol. The highest BCUT2D eigenvalue weighted by Gasteiger charge is 2.49. The first-order valence-electron chi connectivity index (χ1n) is 27.9. The van der Waals surface area contributed by atoms with E-state index in [1.54, 1.807) is 0 Å². The van der Waals surface area contributed by atoms with Gasteiger partial charge in [-0.1, -0.05) is 214 Å². The van der Waals surface area contributed by atoms with Gasteiger partial charge in [-0.15, -0.1) is 0 Å². The predicted molar refractivity (Wildman–Crippen MR) is 333 cm³/mol. The first kappa shape index (κ1) is 49.3. The first-order chi connectivity index (χ1) is 37.5. The van der Waals surface area contributed by atoms with Crippen LogP contribution in [0.25, 0.3) is 11.1 Å². The molecule has 10 aromatic carbocycles. The zero-order valence-corrected chi connectivity index (χ0v) is 46.9. The second-order valence-electron chi connectivity index (χ2n) is 25.1. The van der Waals surface area contributed by atoms with Crippen LogP contribution >= 0.6 is 0 Å². The average molecular weight is 1010 g/mol. The van der Waals surface area contributed by atoms with Gasteiger partial charge in [-0.3, -0.25) is 0 Å². The number of hydrogen-bond acceptors (Lipinski definition) is 3. The van der Waals surface area contributed by atoms with Crippen LogP contribution in [0.2, 0.25) is 0 Å². The van der Waals surface area contributed by atoms with Crippen molar-refractivity contribution in [3.63, 3.8) is 0 Å². The topological polar surface area (TPSA) is 9.72 Å². The van der Waals surface area contributed by atoms with Crippen LogP contribution in [0.3, 0.4) is 0 Å². The number of nitrogens with zero attached hydrogens (tertiary/aromatic N) is 3. The highest BCUT2D eigenvalue weighted by molar-refractivity contribution is 7.00. The van der Waals surface area contributed by atoms with Gasteiger partial charge in [-0.25, -0.2) is 0 Å². The Morgan fingerprint density at radius 3 is 1.37 bits per heavy atom. The summed E-state index contributed by atoms with van der Waals surface area (Å²) in [5.74, 6) is 0. The minimum absolute atomic E-state index is 0.00462. The van der Waals surface area contributed by atoms with Crippen molar-refractivity contribution >= 4 is 74.3 Å². The van der Waals surface area contributed by atoms with Gasteiger partial charge >= 0.3 is 0 Å². The third kappa shape index (κ3) is 7.85. The van der Waals surface area contributed by atoms with E-state index < -0.39 is 5.41 Å². The standard InChI is InChI=1S/C74H68BN3/c1-49-43-68-70-69(44-49)78(58-37-40-61-60-39-33-53(72(5,6)7)45-62(60)74(63(61)47-58,51-23-15-11-16-24-51)52-25-17-12-18-26-52)66-42-34-54(73(8,9)10)46-65(66)75(70)64-41-38-59(76(55-27-19-13-20-28-55)56-29-21-14-22-30-56)48-67(64)77(68)57-35-31-50(32-36-57)71(2,3)4/h11-48H,1-10H3. The quantitative estimate of drug-likeness (QED) is 0.147. The fourth-order valence-electron chi connectivity index (χ4n) is 13.1. The summed E-state index contributed by atoms with van der Waals surface area (Å²) in [6.07, 6.45) is 0. The van der Waals surface area contributed by atoms with E-state index in [0.717, 1.165) is 28.4 Å². The van der Waals surface area contributed by atoms with Crippen LogP contribution < -0.4 is 31.1 Å². The summed E-state index contributed by atoms with van der Waals surface area (Å²) in [4.78, 5) is 7.58. The number of fused-ring (bicyclic) bond motifs is 7. The second kappa shape index (κ2) is 18.1. The molecule has 13 rings (SSSR count). The van der Waals surface area contributed by atoms with Crippen LogP contribution in [0, 0.1) is 6.92 Å². The third-order valence-corrected chi connectivity index (χ3v) is 17.0. The third-order valence-electron chi connectivity index (χ3n) is 17.0. The number of rotatable bonds is 7. The summed E-state index contributed by atoms with van der Waals surface area (Å²) in [6, 6.07) is 87.7. The van der Waals surface area contributed by atoms with Crippen molar-refractivity contribution < 1.29 is 0 Å². The molecule has 0 saturated heterocycles. The van der Waals surface area contributed by atoms with E-state index in [0.29, 0.717) is 0 Å². The Hall–Kier alpha value is -8.34. The maximum absolute atomic E-state index is 2.61. The van der Waals surface area contributed by atoms with E-state index in [-0.39, 0.29) is 23.0 Å². The summed E-state index contributed by atoms with van der Waals surface area (Å²) in [6.45, 7) is 23.2. The van der Waals surface area contributed by atoms with Crippen LogP contribution in [-0.4, -0.2) is 6.71 Å². The van der Waals surface area contributed by atoms with Crippen molar-refractivity contribution in [3.05, 3.63) is 275 Å². The van der Waals surface area contributed by atoms with E-state index in [1.807, 2.05) is 0 Å². The molecule has 1 aliphatic carbocycles. The summed E-state index contributed by atoms with van der Waals surface area (Å²) >= 11 is 0. The molecule has 0 N–H and O–H groups in total. The average Bonchev–Trinajstić information content (AvgIpc) is 2.99. The maximum atomic E-state index is 2.61. The van der Waals surface area contributed by atoms with Gasteiger partial charge < -0.3 is 14.7 Å². The molecule has 0 saturated carbocycles. The predicted octanol–water partition coefficient (Wildman–Crippen LogP) is 17.8. The molecule has 0 amide bonds. The van der Waals surface area contributed by atoms with Gasteiger partial charge in [0.25, 0.3) is 6.71 Å². The van der Waals surface area contributed by atoms with Crippen LogP contribution in [0.15, 0.2) is 231 Å². The van der Waals surface area contributed by atoms with Crippen molar-refractivity contribution in [2.75, 3.05) is 14.7 Å². The number of anilines is 9. The van der Waals surface area contributed by atoms with Crippen molar-refractivity contribution in [1.29, 1.82) is 0 Å². The molecule has 0 fully saturated rings. The molecule has 78 heavy (non-hydrogen) atoms. The Kier molecular flexibility index (Phi) is 11.5. The molecule has 3 aliphatic rings. The number of hydrogen-bond donors (Lipinski definition) is 0. The normalized spacial score (nSPS) is 14.1. The van der Waals surface area contributed by atoms with Crippen molar-refractivity contribution in [2.24, 2.45) is 0 Å². The van der Waals surface area contributed by atoms with E-state index in [1.165, 1.54) is 94.8 Å². The van der Waals surface area contributed by atoms with E-state index in [2.05, 4.69) is 314 Å². The summed E-state index contributed by atoms with van der Waals surface area (Å²) in [5, 5.41) is 0. The minimum Gasteiger partial charge on any atom is -0.311 e. The zero-order chi connectivity index (χ0) is 53.9. The maximum Gasteiger partial charge on any atom is 0.252 e. The van der Waals surface area contributed by atoms with Gasteiger partial charge in [0, 0.05) is 51.2 Å². The minimum atomic E-state index is -0.576. The van der Waals surface area contributed by atoms with Gasteiger partial charge in [-0.05, 0) is 174 Å². The second-order valence-corrected chi connectivity index (χ2v) is 25.1. The molecule has 0 bridgehead atoms. The van der Waals surface area contributed by atoms with Gasteiger partial charge in [0.1, 0.15) is 0 Å². The molecule has 3 nitrogen and oxygen atoms in total. The van der Waals surface area contributed by atoms with Gasteiger partial charge in [0.15, 0.2) is 0 Å². The van der Waals surface area contributed by atoms with Gasteiger partial charge in [-0.2, -0.15) is 0 Å². The molecule has 0 atom stereocenters. The number of para-hydroxylation sites is 2. The van der Waals surface area contributed by atoms with Crippen LogP contribution in [0.1, 0.15) is 107 Å². The summed E-state index contributed by atoms with van der Waals surface area (Å²) in [5.41, 5.74) is 26.6. The zero-order valence-electron chi connectivity index (χ0n) is 46.9. The van der Waals surface area contributed by atoms with Crippen molar-refractivity contribution in [1.82, 2.24) is 0 Å². The van der Waals surface area contributed by atoms with Crippen LogP contribution in [-0.2, 0) is 21.7 Å². The SMILES string of the molecule is Cc1cc2c3c(c1)N(c1ccc(C(C)(C)C)cc1)c1cc(N(c4ccccc4)c4ccccc4)ccc1B3c1cc(C(C)(C)C)ccc1N2c1ccc2c(c1)C(c1ccccc1)(c1ccccc1)c1cc(C(C)(C)C)ccc1-2. The fraction of sp³-hybridized carbons (Fsp3) is 0.189. The Balaban J connectivity index is 1.09. The molecular formula is C74H68BN3. The number of benzene rings is 10. The van der Waals surface area contributed by atoms with Gasteiger partial charge in [0.05, 0.1) is 5.41 Å². The molecule has 2 heterocycles. The summed E-state index contributed by atoms with van der Waals surface area (Å²) in [7, 11) is 0. The molecule has 0 radical (unpaired) electrons. The largest absolute Gasteiger partial charge is 0.311 e. The Labute approximate surface area is 463 Å². The number of aryl methyl sites for hydroxylation is 1. The lowest BCUT2D eigenvalue weighted by Gasteiger charge is -2.45. The molecule has 0 aromatic heterocycles. The Morgan fingerprint density at radius 1 is 0.359 bits per heavy atom. The lowest BCUT2D eigenvalue weighted by Crippen LogP contribution is -2.61. The fourth-order valence-corrected chi connectivity index (χ4v) is 13.1. The van der Waals surface area contributed by atoms with Crippen molar-refractivity contribution in [2.45, 2.75) is 90.9 Å². The molecule has 2 aliphatic heterocycles. The highest BCUT2D eigenvalue weighted by Crippen LogP contribution is 2.58. The van der Waals surface area contributed by atoms with E-state index in [9.17, 15) is 0 Å².